The number of nitrogens with zero attached hydrogens (tertiary/aromatic N) is 2. The SMILES string of the molecule is CC(C)CN1CCN(CC(O)CCl)CC1. The zero-order chi connectivity index (χ0) is 11.3. The fraction of sp³-hybridized carbons (Fsp3) is 1.00. The van der Waals surface area contributed by atoms with Crippen molar-refractivity contribution in [2.45, 2.75) is 20.0 Å². The maximum absolute atomic E-state index is 9.43. The first-order chi connectivity index (χ1) is 7.11. The Morgan fingerprint density at radius 2 is 1.53 bits per heavy atom. The summed E-state index contributed by atoms with van der Waals surface area (Å²) in [5, 5.41) is 9.43. The Hall–Kier alpha value is 0.170. The number of hydrogen-bond acceptors (Lipinski definition) is 3. The van der Waals surface area contributed by atoms with Crippen LogP contribution in [0.3, 0.4) is 0 Å². The predicted octanol–water partition coefficient (Wildman–Crippen LogP) is 0.860. The van der Waals surface area contributed by atoms with E-state index in [-0.39, 0.29) is 6.10 Å². The Morgan fingerprint density at radius 3 is 1.93 bits per heavy atom. The van der Waals surface area contributed by atoms with Crippen LogP contribution in [0, 0.1) is 5.92 Å². The number of halogens is 1. The lowest BCUT2D eigenvalue weighted by molar-refractivity contribution is 0.0776. The molecule has 0 bridgehead atoms. The summed E-state index contributed by atoms with van der Waals surface area (Å²) in [6, 6.07) is 0. The van der Waals surface area contributed by atoms with E-state index >= 15 is 0 Å². The highest BCUT2D eigenvalue weighted by atomic mass is 35.5. The standard InChI is InChI=1S/C11H23ClN2O/c1-10(2)8-13-3-5-14(6-4-13)9-11(15)7-12/h10-11,15H,3-9H2,1-2H3. The van der Waals surface area contributed by atoms with Crippen LogP contribution in [0.15, 0.2) is 0 Å². The van der Waals surface area contributed by atoms with E-state index in [4.69, 9.17) is 11.6 Å². The first-order valence-corrected chi connectivity index (χ1v) is 6.34. The summed E-state index contributed by atoms with van der Waals surface area (Å²) in [6.45, 7) is 10.8. The van der Waals surface area contributed by atoms with Crippen molar-refractivity contribution < 1.29 is 5.11 Å². The topological polar surface area (TPSA) is 26.7 Å². The van der Waals surface area contributed by atoms with Crippen LogP contribution in [0.25, 0.3) is 0 Å². The molecule has 0 aliphatic carbocycles. The van der Waals surface area contributed by atoms with E-state index in [1.807, 2.05) is 0 Å². The molecule has 0 amide bonds. The Kier molecular flexibility index (Phi) is 5.90. The first-order valence-electron chi connectivity index (χ1n) is 5.80. The average molecular weight is 235 g/mol. The van der Waals surface area contributed by atoms with Crippen LogP contribution >= 0.6 is 11.6 Å². The van der Waals surface area contributed by atoms with Gasteiger partial charge in [0.2, 0.25) is 0 Å². The highest BCUT2D eigenvalue weighted by Gasteiger charge is 2.18. The summed E-state index contributed by atoms with van der Waals surface area (Å²) in [5.74, 6) is 1.08. The largest absolute Gasteiger partial charge is 0.391 e. The quantitative estimate of drug-likeness (QED) is 0.715. The van der Waals surface area contributed by atoms with Gasteiger partial charge in [-0.1, -0.05) is 13.8 Å². The molecule has 1 heterocycles. The molecule has 1 aliphatic heterocycles. The van der Waals surface area contributed by atoms with Gasteiger partial charge in [0, 0.05) is 45.1 Å². The predicted molar refractivity (Wildman–Crippen MR) is 64.4 cm³/mol. The van der Waals surface area contributed by atoms with E-state index in [0.29, 0.717) is 5.88 Å². The molecule has 1 atom stereocenters. The van der Waals surface area contributed by atoms with Crippen molar-refractivity contribution >= 4 is 11.6 Å². The summed E-state index contributed by atoms with van der Waals surface area (Å²) in [5.41, 5.74) is 0. The molecular formula is C11H23ClN2O. The van der Waals surface area contributed by atoms with Crippen LogP contribution in [0.5, 0.6) is 0 Å². The van der Waals surface area contributed by atoms with Crippen LogP contribution < -0.4 is 0 Å². The Bertz CT molecular complexity index is 170. The minimum atomic E-state index is -0.372. The van der Waals surface area contributed by atoms with Gasteiger partial charge in [0.05, 0.1) is 6.10 Å². The molecule has 90 valence electrons. The number of aliphatic hydroxyl groups excluding tert-OH is 1. The Morgan fingerprint density at radius 1 is 1.07 bits per heavy atom. The highest BCUT2D eigenvalue weighted by Crippen LogP contribution is 2.06. The second-order valence-corrected chi connectivity index (χ2v) is 5.11. The van der Waals surface area contributed by atoms with Crippen molar-refractivity contribution in [3.8, 4) is 0 Å². The van der Waals surface area contributed by atoms with Gasteiger partial charge in [-0.25, -0.2) is 0 Å². The zero-order valence-corrected chi connectivity index (χ0v) is 10.6. The summed E-state index contributed by atoms with van der Waals surface area (Å²) >= 11 is 5.58. The van der Waals surface area contributed by atoms with Crippen LogP contribution in [0.2, 0.25) is 0 Å². The third-order valence-corrected chi connectivity index (χ3v) is 3.09. The maximum atomic E-state index is 9.43. The fourth-order valence-electron chi connectivity index (χ4n) is 2.02. The minimum absolute atomic E-state index is 0.339. The molecule has 0 saturated carbocycles. The molecule has 1 rings (SSSR count). The van der Waals surface area contributed by atoms with Gasteiger partial charge in [-0.05, 0) is 5.92 Å². The third kappa shape index (κ3) is 5.16. The minimum Gasteiger partial charge on any atom is -0.391 e. The lowest BCUT2D eigenvalue weighted by atomic mass is 10.2. The summed E-state index contributed by atoms with van der Waals surface area (Å²) in [4.78, 5) is 4.79. The number of rotatable bonds is 5. The highest BCUT2D eigenvalue weighted by molar-refractivity contribution is 6.18. The molecule has 3 nitrogen and oxygen atoms in total. The van der Waals surface area contributed by atoms with Crippen LogP contribution in [0.1, 0.15) is 13.8 Å². The van der Waals surface area contributed by atoms with Gasteiger partial charge in [0.1, 0.15) is 0 Å². The first kappa shape index (κ1) is 13.2. The molecule has 4 heteroatoms. The van der Waals surface area contributed by atoms with Crippen molar-refractivity contribution in [1.82, 2.24) is 9.80 Å². The smallest absolute Gasteiger partial charge is 0.0802 e. The van der Waals surface area contributed by atoms with Crippen molar-refractivity contribution in [2.24, 2.45) is 5.92 Å². The van der Waals surface area contributed by atoms with E-state index < -0.39 is 0 Å². The normalized spacial score (nSPS) is 22.2. The van der Waals surface area contributed by atoms with Crippen molar-refractivity contribution in [3.63, 3.8) is 0 Å². The van der Waals surface area contributed by atoms with Gasteiger partial charge in [-0.15, -0.1) is 11.6 Å². The molecule has 1 aliphatic rings. The zero-order valence-electron chi connectivity index (χ0n) is 9.82. The van der Waals surface area contributed by atoms with Gasteiger partial charge in [-0.3, -0.25) is 4.90 Å². The molecule has 15 heavy (non-hydrogen) atoms. The average Bonchev–Trinajstić information content (AvgIpc) is 2.20. The van der Waals surface area contributed by atoms with Gasteiger partial charge >= 0.3 is 0 Å². The molecule has 1 N–H and O–H groups in total. The van der Waals surface area contributed by atoms with Crippen molar-refractivity contribution in [3.05, 3.63) is 0 Å². The van der Waals surface area contributed by atoms with Gasteiger partial charge in [0.15, 0.2) is 0 Å². The lowest BCUT2D eigenvalue weighted by Crippen LogP contribution is -2.49. The molecule has 1 unspecified atom stereocenters. The lowest BCUT2D eigenvalue weighted by Gasteiger charge is -2.36. The molecule has 1 fully saturated rings. The van der Waals surface area contributed by atoms with Gasteiger partial charge in [-0.2, -0.15) is 0 Å². The summed E-state index contributed by atoms with van der Waals surface area (Å²) in [6.07, 6.45) is -0.372. The molecular weight excluding hydrogens is 212 g/mol. The Labute approximate surface area is 98.0 Å². The number of β-amino-alcohol motifs (C(OH)–C–C–N with tert-alkyl or cyclic N) is 1. The molecule has 0 aromatic carbocycles. The second kappa shape index (κ2) is 6.69. The number of aliphatic hydroxyl groups is 1. The monoisotopic (exact) mass is 234 g/mol. The number of hydrogen-bond donors (Lipinski definition) is 1. The molecule has 0 radical (unpaired) electrons. The Balaban J connectivity index is 2.18. The fourth-order valence-corrected chi connectivity index (χ4v) is 2.12. The molecule has 0 spiro atoms. The number of piperazine rings is 1. The third-order valence-electron chi connectivity index (χ3n) is 2.74. The molecule has 0 aromatic rings. The van der Waals surface area contributed by atoms with Crippen LogP contribution in [-0.2, 0) is 0 Å². The van der Waals surface area contributed by atoms with Crippen LogP contribution in [0.4, 0.5) is 0 Å². The summed E-state index contributed by atoms with van der Waals surface area (Å²) in [7, 11) is 0. The van der Waals surface area contributed by atoms with E-state index in [0.717, 1.165) is 38.6 Å². The van der Waals surface area contributed by atoms with E-state index in [1.54, 1.807) is 0 Å². The van der Waals surface area contributed by atoms with Gasteiger partial charge in [0.25, 0.3) is 0 Å². The van der Waals surface area contributed by atoms with E-state index in [9.17, 15) is 5.11 Å². The number of alkyl halides is 1. The second-order valence-electron chi connectivity index (χ2n) is 4.80. The van der Waals surface area contributed by atoms with E-state index in [1.165, 1.54) is 6.54 Å². The van der Waals surface area contributed by atoms with Crippen molar-refractivity contribution in [2.75, 3.05) is 45.1 Å². The van der Waals surface area contributed by atoms with Gasteiger partial charge < -0.3 is 10.0 Å². The van der Waals surface area contributed by atoms with E-state index in [2.05, 4.69) is 23.6 Å². The van der Waals surface area contributed by atoms with Crippen LogP contribution in [-0.4, -0.2) is 66.2 Å². The maximum Gasteiger partial charge on any atom is 0.0802 e. The molecule has 1 saturated heterocycles. The molecule has 0 aromatic heterocycles. The van der Waals surface area contributed by atoms with Crippen molar-refractivity contribution in [1.29, 1.82) is 0 Å². The summed E-state index contributed by atoms with van der Waals surface area (Å²) < 4.78 is 0.